The fourth-order valence-electron chi connectivity index (χ4n) is 3.85. The first-order valence-electron chi connectivity index (χ1n) is 9.81. The smallest absolute Gasteiger partial charge is 0.290 e. The van der Waals surface area contributed by atoms with Crippen molar-refractivity contribution in [2.45, 2.75) is 32.9 Å². The third-order valence-electron chi connectivity index (χ3n) is 5.20. The predicted molar refractivity (Wildman–Crippen MR) is 121 cm³/mol. The number of aliphatic hydroxyl groups excluding tert-OH is 1. The van der Waals surface area contributed by atoms with E-state index in [0.29, 0.717) is 30.1 Å². The molecule has 3 aromatic rings. The number of Topliss-reactive ketones (excluding diaryl/α,β-unsaturated/α-hetero) is 1. The van der Waals surface area contributed by atoms with Gasteiger partial charge in [-0.25, -0.2) is 9.97 Å². The van der Waals surface area contributed by atoms with E-state index in [9.17, 15) is 14.7 Å². The molecular weight excluding hydrogens is 480 g/mol. The molecule has 0 fully saturated rings. The first-order chi connectivity index (χ1) is 14.9. The van der Waals surface area contributed by atoms with Crippen molar-refractivity contribution < 1.29 is 14.7 Å². The van der Waals surface area contributed by atoms with Crippen LogP contribution >= 0.6 is 27.3 Å². The molecule has 1 aliphatic heterocycles. The minimum absolute atomic E-state index is 0.109. The van der Waals surface area contributed by atoms with Crippen LogP contribution in [0.3, 0.4) is 0 Å². The van der Waals surface area contributed by atoms with Crippen LogP contribution in [0.4, 0.5) is 0 Å². The van der Waals surface area contributed by atoms with Gasteiger partial charge < -0.3 is 14.6 Å². The van der Waals surface area contributed by atoms with Crippen molar-refractivity contribution in [2.24, 2.45) is 0 Å². The van der Waals surface area contributed by atoms with Crippen LogP contribution in [-0.2, 0) is 11.3 Å². The lowest BCUT2D eigenvalue weighted by molar-refractivity contribution is -0.129. The molecule has 1 atom stereocenters. The Morgan fingerprint density at radius 1 is 1.29 bits per heavy atom. The van der Waals surface area contributed by atoms with Gasteiger partial charge in [0.15, 0.2) is 5.76 Å². The van der Waals surface area contributed by atoms with E-state index in [2.05, 4.69) is 25.9 Å². The minimum Gasteiger partial charge on any atom is -0.503 e. The Morgan fingerprint density at radius 3 is 2.74 bits per heavy atom. The maximum atomic E-state index is 13.5. The number of aromatic nitrogens is 3. The fourth-order valence-corrected chi connectivity index (χ4v) is 5.14. The highest BCUT2D eigenvalue weighted by Gasteiger charge is 2.44. The van der Waals surface area contributed by atoms with E-state index in [4.69, 9.17) is 0 Å². The van der Waals surface area contributed by atoms with E-state index in [-0.39, 0.29) is 11.4 Å². The first-order valence-corrected chi connectivity index (χ1v) is 11.4. The normalized spacial score (nSPS) is 16.4. The molecule has 31 heavy (non-hydrogen) atoms. The van der Waals surface area contributed by atoms with Crippen LogP contribution in [0, 0.1) is 13.8 Å². The molecule has 2 aromatic heterocycles. The molecule has 1 N–H and O–H groups in total. The maximum absolute atomic E-state index is 13.5. The first kappa shape index (κ1) is 21.5. The molecule has 0 bridgehead atoms. The van der Waals surface area contributed by atoms with Gasteiger partial charge >= 0.3 is 0 Å². The zero-order valence-corrected chi connectivity index (χ0v) is 19.5. The molecule has 0 spiro atoms. The average molecular weight is 501 g/mol. The van der Waals surface area contributed by atoms with E-state index >= 15 is 0 Å². The number of aryl methyl sites for hydroxylation is 3. The summed E-state index contributed by atoms with van der Waals surface area (Å²) in [4.78, 5) is 36.9. The second-order valence-electron chi connectivity index (χ2n) is 7.35. The molecule has 0 aliphatic carbocycles. The molecule has 0 radical (unpaired) electrons. The number of amides is 1. The molecular formula is C22H21BrN4O3S. The number of halogens is 1. The fraction of sp³-hybridized carbons (Fsp3) is 0.273. The van der Waals surface area contributed by atoms with E-state index < -0.39 is 17.7 Å². The summed E-state index contributed by atoms with van der Waals surface area (Å²) in [7, 11) is 0. The predicted octanol–water partition coefficient (Wildman–Crippen LogP) is 4.39. The Kier molecular flexibility index (Phi) is 6.06. The third-order valence-corrected chi connectivity index (χ3v) is 6.76. The molecule has 9 heteroatoms. The molecule has 1 aromatic carbocycles. The topological polar surface area (TPSA) is 88.3 Å². The number of rotatable bonds is 7. The highest BCUT2D eigenvalue weighted by molar-refractivity contribution is 9.10. The van der Waals surface area contributed by atoms with Crippen molar-refractivity contribution in [1.82, 2.24) is 19.4 Å². The van der Waals surface area contributed by atoms with Crippen LogP contribution in [0.5, 0.6) is 0 Å². The number of imidazole rings is 1. The Balaban J connectivity index is 1.70. The van der Waals surface area contributed by atoms with Gasteiger partial charge in [0, 0.05) is 30.0 Å². The average Bonchev–Trinajstić information content (AvgIpc) is 3.42. The standard InChI is InChI=1S/C22H21BrN4O3S/c1-13-21(31-14(2)25-13)19(28)17-18(15-5-3-6-16(23)11-15)27(22(30)20(17)29)9-4-8-26-10-7-24-12-26/h3,5-7,10-12,18,29H,4,8-9H2,1-2H3. The molecule has 0 saturated carbocycles. The van der Waals surface area contributed by atoms with E-state index in [1.54, 1.807) is 24.3 Å². The Labute approximate surface area is 192 Å². The largest absolute Gasteiger partial charge is 0.503 e. The van der Waals surface area contributed by atoms with Gasteiger partial charge in [-0.1, -0.05) is 28.1 Å². The van der Waals surface area contributed by atoms with E-state index in [0.717, 1.165) is 15.0 Å². The zero-order chi connectivity index (χ0) is 22.1. The molecule has 7 nitrogen and oxygen atoms in total. The van der Waals surface area contributed by atoms with Crippen LogP contribution in [0.25, 0.3) is 0 Å². The van der Waals surface area contributed by atoms with E-state index in [1.807, 2.05) is 42.0 Å². The second kappa shape index (κ2) is 8.76. The highest BCUT2D eigenvalue weighted by Crippen LogP contribution is 2.40. The summed E-state index contributed by atoms with van der Waals surface area (Å²) < 4.78 is 2.76. The van der Waals surface area contributed by atoms with Gasteiger partial charge in [-0.05, 0) is 38.0 Å². The van der Waals surface area contributed by atoms with Gasteiger partial charge in [0.2, 0.25) is 5.78 Å². The number of ketones is 1. The summed E-state index contributed by atoms with van der Waals surface area (Å²) in [6.07, 6.45) is 5.93. The van der Waals surface area contributed by atoms with Crippen molar-refractivity contribution in [3.8, 4) is 0 Å². The van der Waals surface area contributed by atoms with Crippen LogP contribution in [0.1, 0.15) is 38.4 Å². The van der Waals surface area contributed by atoms with Gasteiger partial charge in [0.1, 0.15) is 0 Å². The van der Waals surface area contributed by atoms with Gasteiger partial charge in [0.25, 0.3) is 5.91 Å². The molecule has 4 rings (SSSR count). The summed E-state index contributed by atoms with van der Waals surface area (Å²) in [6.45, 7) is 4.65. The van der Waals surface area contributed by atoms with Crippen molar-refractivity contribution in [3.05, 3.63) is 79.9 Å². The number of carbonyl (C=O) groups is 2. The van der Waals surface area contributed by atoms with Crippen molar-refractivity contribution in [1.29, 1.82) is 0 Å². The Hall–Kier alpha value is -2.78. The SMILES string of the molecule is Cc1nc(C)c(C(=O)C2=C(O)C(=O)N(CCCn3ccnc3)C2c2cccc(Br)c2)s1. The number of benzene rings is 1. The van der Waals surface area contributed by atoms with E-state index in [1.165, 1.54) is 11.3 Å². The van der Waals surface area contributed by atoms with Crippen LogP contribution in [0.2, 0.25) is 0 Å². The number of carbonyl (C=O) groups excluding carboxylic acids is 2. The molecule has 3 heterocycles. The van der Waals surface area contributed by atoms with Crippen molar-refractivity contribution in [3.63, 3.8) is 0 Å². The number of hydrogen-bond donors (Lipinski definition) is 1. The Bertz CT molecular complexity index is 1170. The molecule has 1 aliphatic rings. The van der Waals surface area contributed by atoms with Gasteiger partial charge in [-0.3, -0.25) is 9.59 Å². The summed E-state index contributed by atoms with van der Waals surface area (Å²) in [5.41, 5.74) is 1.47. The lowest BCUT2D eigenvalue weighted by Gasteiger charge is -2.27. The summed E-state index contributed by atoms with van der Waals surface area (Å²) in [6, 6.07) is 6.81. The number of aliphatic hydroxyl groups is 1. The second-order valence-corrected chi connectivity index (χ2v) is 9.47. The third kappa shape index (κ3) is 4.20. The number of hydrogen-bond acceptors (Lipinski definition) is 6. The quantitative estimate of drug-likeness (QED) is 0.486. The number of thiazole rings is 1. The lowest BCUT2D eigenvalue weighted by atomic mass is 9.95. The molecule has 0 saturated heterocycles. The molecule has 1 amide bonds. The summed E-state index contributed by atoms with van der Waals surface area (Å²) in [5.74, 6) is -1.36. The maximum Gasteiger partial charge on any atom is 0.290 e. The zero-order valence-electron chi connectivity index (χ0n) is 17.1. The van der Waals surface area contributed by atoms with Crippen LogP contribution < -0.4 is 0 Å². The molecule has 1 unspecified atom stereocenters. The van der Waals surface area contributed by atoms with Crippen molar-refractivity contribution >= 4 is 39.0 Å². The summed E-state index contributed by atoms with van der Waals surface area (Å²) >= 11 is 4.74. The van der Waals surface area contributed by atoms with Gasteiger partial charge in [0.05, 0.1) is 33.5 Å². The molecule has 160 valence electrons. The van der Waals surface area contributed by atoms with Crippen LogP contribution in [0.15, 0.2) is 58.8 Å². The Morgan fingerprint density at radius 2 is 2.10 bits per heavy atom. The lowest BCUT2D eigenvalue weighted by Crippen LogP contribution is -2.32. The number of nitrogens with zero attached hydrogens (tertiary/aromatic N) is 4. The highest BCUT2D eigenvalue weighted by atomic mass is 79.9. The van der Waals surface area contributed by atoms with Crippen LogP contribution in [-0.4, -0.2) is 42.8 Å². The monoisotopic (exact) mass is 500 g/mol. The van der Waals surface area contributed by atoms with Gasteiger partial charge in [-0.15, -0.1) is 11.3 Å². The minimum atomic E-state index is -0.665. The van der Waals surface area contributed by atoms with Gasteiger partial charge in [-0.2, -0.15) is 0 Å². The van der Waals surface area contributed by atoms with Crippen molar-refractivity contribution in [2.75, 3.05) is 6.54 Å². The summed E-state index contributed by atoms with van der Waals surface area (Å²) in [5, 5.41) is 11.5.